The van der Waals surface area contributed by atoms with E-state index in [0.29, 0.717) is 38.9 Å². The van der Waals surface area contributed by atoms with E-state index in [1.165, 1.54) is 0 Å². The number of carbonyl (C=O) groups excluding carboxylic acids is 3. The number of hydrogen-bond acceptors (Lipinski definition) is 3. The standard InChI is InChI=1S/C19H27N3O3/c20-17(23)11-14-22(15-16-7-2-1-3-8-16)19(25)10-6-13-21-12-5-4-9-18(21)24/h1-3,7-8H,4-6,9-15H2,(H2,20,23). The van der Waals surface area contributed by atoms with E-state index in [1.54, 1.807) is 4.90 Å². The molecule has 0 radical (unpaired) electrons. The Bertz CT molecular complexity index is 589. The van der Waals surface area contributed by atoms with Gasteiger partial charge >= 0.3 is 0 Å². The predicted octanol–water partition coefficient (Wildman–Crippen LogP) is 1.68. The lowest BCUT2D eigenvalue weighted by Crippen LogP contribution is -2.37. The minimum atomic E-state index is -0.412. The Kier molecular flexibility index (Phi) is 7.44. The molecule has 6 nitrogen and oxygen atoms in total. The monoisotopic (exact) mass is 345 g/mol. The van der Waals surface area contributed by atoms with Gasteiger partial charge in [-0.25, -0.2) is 0 Å². The number of rotatable bonds is 9. The molecule has 1 aromatic rings. The van der Waals surface area contributed by atoms with E-state index in [9.17, 15) is 14.4 Å². The normalized spacial score (nSPS) is 14.4. The van der Waals surface area contributed by atoms with Gasteiger partial charge in [-0.15, -0.1) is 0 Å². The summed E-state index contributed by atoms with van der Waals surface area (Å²) in [5.41, 5.74) is 6.25. The number of amides is 3. The number of nitrogens with two attached hydrogens (primary N) is 1. The van der Waals surface area contributed by atoms with Crippen LogP contribution in [0.25, 0.3) is 0 Å². The summed E-state index contributed by atoms with van der Waals surface area (Å²) in [6.07, 6.45) is 3.79. The van der Waals surface area contributed by atoms with E-state index in [1.807, 2.05) is 35.2 Å². The first kappa shape index (κ1) is 19.0. The van der Waals surface area contributed by atoms with E-state index in [0.717, 1.165) is 24.9 Å². The first-order valence-electron chi connectivity index (χ1n) is 8.94. The molecule has 25 heavy (non-hydrogen) atoms. The lowest BCUT2D eigenvalue weighted by atomic mass is 10.1. The van der Waals surface area contributed by atoms with Crippen LogP contribution in [-0.4, -0.2) is 47.2 Å². The van der Waals surface area contributed by atoms with Gasteiger partial charge in [-0.1, -0.05) is 30.3 Å². The van der Waals surface area contributed by atoms with Gasteiger partial charge in [0.1, 0.15) is 0 Å². The van der Waals surface area contributed by atoms with Gasteiger partial charge in [0.05, 0.1) is 0 Å². The maximum Gasteiger partial charge on any atom is 0.222 e. The maximum atomic E-state index is 12.6. The van der Waals surface area contributed by atoms with Crippen LogP contribution in [0.1, 0.15) is 44.1 Å². The van der Waals surface area contributed by atoms with Gasteiger partial charge in [-0.3, -0.25) is 14.4 Å². The number of benzene rings is 1. The highest BCUT2D eigenvalue weighted by molar-refractivity contribution is 5.79. The molecule has 0 atom stereocenters. The third-order valence-electron chi connectivity index (χ3n) is 4.44. The minimum absolute atomic E-state index is 0.00504. The van der Waals surface area contributed by atoms with Crippen molar-refractivity contribution in [2.45, 2.75) is 45.1 Å². The van der Waals surface area contributed by atoms with Crippen LogP contribution in [0.4, 0.5) is 0 Å². The van der Waals surface area contributed by atoms with E-state index in [-0.39, 0.29) is 18.2 Å². The summed E-state index contributed by atoms with van der Waals surface area (Å²) in [6, 6.07) is 9.69. The molecule has 1 saturated heterocycles. The molecule has 1 heterocycles. The van der Waals surface area contributed by atoms with Gasteiger partial charge in [-0.2, -0.15) is 0 Å². The Morgan fingerprint density at radius 3 is 2.56 bits per heavy atom. The third-order valence-corrected chi connectivity index (χ3v) is 4.44. The van der Waals surface area contributed by atoms with Crippen LogP contribution in [0.2, 0.25) is 0 Å². The zero-order valence-corrected chi connectivity index (χ0v) is 14.7. The highest BCUT2D eigenvalue weighted by atomic mass is 16.2. The van der Waals surface area contributed by atoms with Crippen LogP contribution < -0.4 is 5.73 Å². The fourth-order valence-electron chi connectivity index (χ4n) is 3.02. The van der Waals surface area contributed by atoms with Crippen molar-refractivity contribution in [2.24, 2.45) is 5.73 Å². The number of primary amides is 1. The number of carbonyl (C=O) groups is 3. The molecule has 0 aliphatic carbocycles. The Balaban J connectivity index is 1.85. The van der Waals surface area contributed by atoms with Crippen LogP contribution >= 0.6 is 0 Å². The molecule has 1 aliphatic heterocycles. The SMILES string of the molecule is NC(=O)CCN(Cc1ccccc1)C(=O)CCCN1CCCCC1=O. The predicted molar refractivity (Wildman–Crippen MR) is 95.3 cm³/mol. The smallest absolute Gasteiger partial charge is 0.222 e. The molecule has 0 saturated carbocycles. The fraction of sp³-hybridized carbons (Fsp3) is 0.526. The molecule has 0 spiro atoms. The molecule has 1 fully saturated rings. The van der Waals surface area contributed by atoms with Crippen LogP contribution in [0, 0.1) is 0 Å². The first-order chi connectivity index (χ1) is 12.1. The van der Waals surface area contributed by atoms with E-state index in [2.05, 4.69) is 0 Å². The van der Waals surface area contributed by atoms with Gasteiger partial charge < -0.3 is 15.5 Å². The molecule has 3 amide bonds. The molecule has 1 aromatic carbocycles. The van der Waals surface area contributed by atoms with Crippen molar-refractivity contribution in [1.29, 1.82) is 0 Å². The summed E-state index contributed by atoms with van der Waals surface area (Å²) in [4.78, 5) is 39.0. The lowest BCUT2D eigenvalue weighted by molar-refractivity contribution is -0.135. The zero-order chi connectivity index (χ0) is 18.1. The van der Waals surface area contributed by atoms with Crippen molar-refractivity contribution < 1.29 is 14.4 Å². The maximum absolute atomic E-state index is 12.6. The summed E-state index contributed by atoms with van der Waals surface area (Å²) < 4.78 is 0. The zero-order valence-electron chi connectivity index (χ0n) is 14.7. The largest absolute Gasteiger partial charge is 0.370 e. The van der Waals surface area contributed by atoms with Crippen LogP contribution in [0.15, 0.2) is 30.3 Å². The summed E-state index contributed by atoms with van der Waals surface area (Å²) >= 11 is 0. The van der Waals surface area contributed by atoms with Gasteiger partial charge in [0.15, 0.2) is 0 Å². The second-order valence-corrected chi connectivity index (χ2v) is 6.46. The second kappa shape index (κ2) is 9.81. The third kappa shape index (κ3) is 6.57. The fourth-order valence-corrected chi connectivity index (χ4v) is 3.02. The number of hydrogen-bond donors (Lipinski definition) is 1. The van der Waals surface area contributed by atoms with Crippen molar-refractivity contribution in [3.05, 3.63) is 35.9 Å². The summed E-state index contributed by atoms with van der Waals surface area (Å²) in [7, 11) is 0. The molecule has 6 heteroatoms. The van der Waals surface area contributed by atoms with Gasteiger partial charge in [-0.05, 0) is 24.8 Å². The molecule has 136 valence electrons. The summed E-state index contributed by atoms with van der Waals surface area (Å²) in [6.45, 7) is 2.21. The molecular formula is C19H27N3O3. The topological polar surface area (TPSA) is 83.7 Å². The summed E-state index contributed by atoms with van der Waals surface area (Å²) in [5.74, 6) is -0.229. The molecule has 0 aromatic heterocycles. The van der Waals surface area contributed by atoms with Crippen molar-refractivity contribution >= 4 is 17.7 Å². The van der Waals surface area contributed by atoms with Crippen LogP contribution in [-0.2, 0) is 20.9 Å². The number of likely N-dealkylation sites (tertiary alicyclic amines) is 1. The molecule has 0 bridgehead atoms. The summed E-state index contributed by atoms with van der Waals surface area (Å²) in [5, 5.41) is 0. The second-order valence-electron chi connectivity index (χ2n) is 6.46. The Hall–Kier alpha value is -2.37. The highest BCUT2D eigenvalue weighted by Gasteiger charge is 2.19. The van der Waals surface area contributed by atoms with Crippen molar-refractivity contribution in [2.75, 3.05) is 19.6 Å². The van der Waals surface area contributed by atoms with Crippen LogP contribution in [0.5, 0.6) is 0 Å². The van der Waals surface area contributed by atoms with Crippen molar-refractivity contribution in [3.63, 3.8) is 0 Å². The lowest BCUT2D eigenvalue weighted by Gasteiger charge is -2.27. The van der Waals surface area contributed by atoms with Crippen LogP contribution in [0.3, 0.4) is 0 Å². The van der Waals surface area contributed by atoms with Gasteiger partial charge in [0, 0.05) is 45.4 Å². The van der Waals surface area contributed by atoms with E-state index in [4.69, 9.17) is 5.73 Å². The number of nitrogens with zero attached hydrogens (tertiary/aromatic N) is 2. The van der Waals surface area contributed by atoms with Gasteiger partial charge in [0.2, 0.25) is 17.7 Å². The minimum Gasteiger partial charge on any atom is -0.370 e. The Labute approximate surface area is 149 Å². The molecule has 0 unspecified atom stereocenters. The Morgan fingerprint density at radius 1 is 1.12 bits per heavy atom. The quantitative estimate of drug-likeness (QED) is 0.739. The van der Waals surface area contributed by atoms with Crippen molar-refractivity contribution in [1.82, 2.24) is 9.80 Å². The van der Waals surface area contributed by atoms with Crippen molar-refractivity contribution in [3.8, 4) is 0 Å². The first-order valence-corrected chi connectivity index (χ1v) is 8.94. The Morgan fingerprint density at radius 2 is 1.88 bits per heavy atom. The number of piperidine rings is 1. The molecule has 2 rings (SSSR count). The highest BCUT2D eigenvalue weighted by Crippen LogP contribution is 2.12. The molecule has 1 aliphatic rings. The molecular weight excluding hydrogens is 318 g/mol. The average molecular weight is 345 g/mol. The van der Waals surface area contributed by atoms with E-state index < -0.39 is 5.91 Å². The van der Waals surface area contributed by atoms with Gasteiger partial charge in [0.25, 0.3) is 0 Å². The average Bonchev–Trinajstić information content (AvgIpc) is 2.61. The van der Waals surface area contributed by atoms with E-state index >= 15 is 0 Å². The molecule has 2 N–H and O–H groups in total.